The number of hydrogen-bond donors (Lipinski definition) is 2. The van der Waals surface area contributed by atoms with Crippen molar-refractivity contribution in [2.24, 2.45) is 0 Å². The highest BCUT2D eigenvalue weighted by atomic mass is 16.5. The monoisotopic (exact) mass is 320 g/mol. The summed E-state index contributed by atoms with van der Waals surface area (Å²) in [5.74, 6) is 0. The van der Waals surface area contributed by atoms with Crippen molar-refractivity contribution in [3.8, 4) is 0 Å². The molecule has 1 fully saturated rings. The van der Waals surface area contributed by atoms with Crippen molar-refractivity contribution < 1.29 is 4.74 Å². The van der Waals surface area contributed by atoms with Gasteiger partial charge in [-0.05, 0) is 66.5 Å². The summed E-state index contributed by atoms with van der Waals surface area (Å²) in [6.07, 6.45) is 2.38. The van der Waals surface area contributed by atoms with Crippen molar-refractivity contribution in [3.63, 3.8) is 0 Å². The van der Waals surface area contributed by atoms with Crippen LogP contribution in [0.2, 0.25) is 0 Å². The molecular formula is C20H36N2O. The van der Waals surface area contributed by atoms with Crippen LogP contribution in [0.25, 0.3) is 0 Å². The number of benzene rings is 1. The number of ether oxygens (including phenoxy) is 1. The van der Waals surface area contributed by atoms with Gasteiger partial charge in [0.25, 0.3) is 0 Å². The Morgan fingerprint density at radius 1 is 0.957 bits per heavy atom. The summed E-state index contributed by atoms with van der Waals surface area (Å²) in [6, 6.07) is 11.3. The van der Waals surface area contributed by atoms with E-state index in [1.54, 1.807) is 0 Å². The third-order valence-corrected chi connectivity index (χ3v) is 3.42. The van der Waals surface area contributed by atoms with E-state index in [0.717, 1.165) is 19.8 Å². The molecule has 0 aromatic heterocycles. The second-order valence-corrected chi connectivity index (χ2v) is 8.39. The van der Waals surface area contributed by atoms with Crippen LogP contribution < -0.4 is 10.6 Å². The summed E-state index contributed by atoms with van der Waals surface area (Å²) in [7, 11) is 0. The molecule has 0 radical (unpaired) electrons. The van der Waals surface area contributed by atoms with Crippen LogP contribution in [0, 0.1) is 0 Å². The number of hydrogen-bond acceptors (Lipinski definition) is 3. The van der Waals surface area contributed by atoms with Crippen LogP contribution in [0.15, 0.2) is 30.3 Å². The maximum absolute atomic E-state index is 5.02. The van der Waals surface area contributed by atoms with Gasteiger partial charge in [-0.15, -0.1) is 0 Å². The fourth-order valence-electron chi connectivity index (χ4n) is 2.33. The molecule has 2 rings (SSSR count). The molecule has 3 nitrogen and oxygen atoms in total. The predicted molar refractivity (Wildman–Crippen MR) is 100 cm³/mol. The predicted octanol–water partition coefficient (Wildman–Crippen LogP) is 3.78. The first-order valence-electron chi connectivity index (χ1n) is 8.80. The molecule has 1 aromatic carbocycles. The molecule has 1 aliphatic rings. The van der Waals surface area contributed by atoms with Gasteiger partial charge >= 0.3 is 0 Å². The Hall–Kier alpha value is -0.900. The highest BCUT2D eigenvalue weighted by Gasteiger charge is 2.22. The van der Waals surface area contributed by atoms with Gasteiger partial charge in [-0.1, -0.05) is 30.3 Å². The summed E-state index contributed by atoms with van der Waals surface area (Å²) < 4.78 is 5.02. The quantitative estimate of drug-likeness (QED) is 0.810. The summed E-state index contributed by atoms with van der Waals surface area (Å²) in [6.45, 7) is 16.0. The van der Waals surface area contributed by atoms with E-state index in [1.807, 2.05) is 0 Å². The van der Waals surface area contributed by atoms with Crippen molar-refractivity contribution in [1.82, 2.24) is 10.6 Å². The van der Waals surface area contributed by atoms with Gasteiger partial charge in [0, 0.05) is 11.1 Å². The molecule has 0 amide bonds. The van der Waals surface area contributed by atoms with Crippen LogP contribution in [-0.2, 0) is 11.2 Å². The lowest BCUT2D eigenvalue weighted by Gasteiger charge is -2.33. The number of nitrogens with one attached hydrogen (secondary N) is 2. The average Bonchev–Trinajstić information content (AvgIpc) is 2.39. The molecule has 0 atom stereocenters. The second kappa shape index (κ2) is 9.41. The van der Waals surface area contributed by atoms with Gasteiger partial charge in [-0.2, -0.15) is 0 Å². The van der Waals surface area contributed by atoms with Gasteiger partial charge in [0.1, 0.15) is 0 Å². The Balaban J connectivity index is 0.000000253. The fraction of sp³-hybridized carbons (Fsp3) is 0.700. The molecule has 0 unspecified atom stereocenters. The van der Waals surface area contributed by atoms with E-state index >= 15 is 0 Å². The largest absolute Gasteiger partial charge is 0.378 e. The first kappa shape index (κ1) is 20.1. The zero-order valence-electron chi connectivity index (χ0n) is 15.9. The minimum Gasteiger partial charge on any atom is -0.378 e. The molecule has 1 aromatic rings. The third-order valence-electron chi connectivity index (χ3n) is 3.42. The first-order valence-corrected chi connectivity index (χ1v) is 8.80. The Bertz CT molecular complexity index is 414. The zero-order chi connectivity index (χ0) is 17.3. The van der Waals surface area contributed by atoms with E-state index in [2.05, 4.69) is 82.5 Å². The van der Waals surface area contributed by atoms with Crippen LogP contribution in [0.1, 0.15) is 53.5 Å². The lowest BCUT2D eigenvalue weighted by molar-refractivity contribution is -0.0150. The van der Waals surface area contributed by atoms with E-state index < -0.39 is 0 Å². The van der Waals surface area contributed by atoms with E-state index in [-0.39, 0.29) is 11.1 Å². The van der Waals surface area contributed by atoms with Crippen molar-refractivity contribution in [3.05, 3.63) is 35.9 Å². The van der Waals surface area contributed by atoms with Gasteiger partial charge in [-0.3, -0.25) is 0 Å². The molecule has 0 saturated carbocycles. The maximum atomic E-state index is 5.02. The summed E-state index contributed by atoms with van der Waals surface area (Å²) in [5.41, 5.74) is 1.92. The van der Waals surface area contributed by atoms with Crippen molar-refractivity contribution >= 4 is 0 Å². The smallest absolute Gasteiger partial charge is 0.0643 e. The van der Waals surface area contributed by atoms with E-state index in [1.165, 1.54) is 18.4 Å². The molecule has 0 aliphatic carbocycles. The molecule has 0 spiro atoms. The minimum atomic E-state index is 0.244. The van der Waals surface area contributed by atoms with Gasteiger partial charge < -0.3 is 15.4 Å². The summed E-state index contributed by atoms with van der Waals surface area (Å²) in [5, 5.41) is 6.92. The highest BCUT2D eigenvalue weighted by Crippen LogP contribution is 2.07. The van der Waals surface area contributed by atoms with Gasteiger partial charge in [-0.25, -0.2) is 0 Å². The van der Waals surface area contributed by atoms with Gasteiger partial charge in [0.2, 0.25) is 0 Å². The molecule has 132 valence electrons. The molecule has 23 heavy (non-hydrogen) atoms. The Kier molecular flexibility index (Phi) is 8.24. The Morgan fingerprint density at radius 2 is 1.57 bits per heavy atom. The van der Waals surface area contributed by atoms with E-state index in [0.29, 0.717) is 6.04 Å². The van der Waals surface area contributed by atoms with E-state index in [9.17, 15) is 0 Å². The molecule has 1 saturated heterocycles. The molecule has 3 heteroatoms. The number of aryl methyl sites for hydroxylation is 1. The molecule has 1 heterocycles. The zero-order valence-corrected chi connectivity index (χ0v) is 15.9. The topological polar surface area (TPSA) is 33.3 Å². The van der Waals surface area contributed by atoms with Crippen LogP contribution in [0.3, 0.4) is 0 Å². The van der Waals surface area contributed by atoms with Crippen LogP contribution >= 0.6 is 0 Å². The van der Waals surface area contributed by atoms with Crippen molar-refractivity contribution in [2.45, 2.75) is 71.5 Å². The van der Waals surface area contributed by atoms with E-state index in [4.69, 9.17) is 4.74 Å². The average molecular weight is 321 g/mol. The summed E-state index contributed by atoms with van der Waals surface area (Å²) >= 11 is 0. The number of rotatable bonds is 5. The first-order chi connectivity index (χ1) is 10.7. The maximum Gasteiger partial charge on any atom is 0.0643 e. The van der Waals surface area contributed by atoms with Crippen LogP contribution in [0.4, 0.5) is 0 Å². The lowest BCUT2D eigenvalue weighted by atomic mass is 10.1. The van der Waals surface area contributed by atoms with Crippen molar-refractivity contribution in [2.75, 3.05) is 19.8 Å². The summed E-state index contributed by atoms with van der Waals surface area (Å²) in [4.78, 5) is 0. The van der Waals surface area contributed by atoms with Gasteiger partial charge in [0.05, 0.1) is 19.3 Å². The molecular weight excluding hydrogens is 284 g/mol. The minimum absolute atomic E-state index is 0.244. The second-order valence-electron chi connectivity index (χ2n) is 8.39. The standard InChI is InChI=1S/C13H21N.C7H15NO/c1-13(2,3)14-11-7-10-12-8-5-4-6-9-12;1-7(2,3)8-6-4-9-5-6/h4-6,8-9,14H,7,10-11H2,1-3H3;6,8H,4-5H2,1-3H3. The molecule has 2 N–H and O–H groups in total. The van der Waals surface area contributed by atoms with Crippen LogP contribution in [-0.4, -0.2) is 36.9 Å². The fourth-order valence-corrected chi connectivity index (χ4v) is 2.33. The lowest BCUT2D eigenvalue weighted by Crippen LogP contribution is -2.53. The highest BCUT2D eigenvalue weighted by molar-refractivity contribution is 5.14. The third kappa shape index (κ3) is 11.3. The Labute approximate surface area is 143 Å². The normalized spacial score (nSPS) is 15.6. The van der Waals surface area contributed by atoms with Crippen LogP contribution in [0.5, 0.6) is 0 Å². The Morgan fingerprint density at radius 3 is 1.96 bits per heavy atom. The SMILES string of the molecule is CC(C)(C)NC1COC1.CC(C)(C)NCCCc1ccccc1. The molecule has 0 bridgehead atoms. The van der Waals surface area contributed by atoms with Gasteiger partial charge in [0.15, 0.2) is 0 Å². The van der Waals surface area contributed by atoms with Crippen molar-refractivity contribution in [1.29, 1.82) is 0 Å². The molecule has 1 aliphatic heterocycles.